The van der Waals surface area contributed by atoms with Crippen LogP contribution in [-0.2, 0) is 17.6 Å². The summed E-state index contributed by atoms with van der Waals surface area (Å²) in [5.74, 6) is 0.182. The minimum Gasteiger partial charge on any atom is -0.361 e. The third-order valence-corrected chi connectivity index (χ3v) is 5.81. The van der Waals surface area contributed by atoms with E-state index in [0.717, 1.165) is 45.3 Å². The van der Waals surface area contributed by atoms with Crippen LogP contribution in [0.25, 0.3) is 10.9 Å². The molecule has 1 aliphatic rings. The largest absolute Gasteiger partial charge is 0.361 e. The van der Waals surface area contributed by atoms with Crippen LogP contribution in [0.2, 0.25) is 0 Å². The molecule has 0 bridgehead atoms. The second-order valence-electron chi connectivity index (χ2n) is 7.78. The molecule has 146 valence electrons. The number of rotatable bonds is 7. The summed E-state index contributed by atoms with van der Waals surface area (Å²) in [6.45, 7) is 3.20. The Morgan fingerprint density at radius 2 is 1.75 bits per heavy atom. The van der Waals surface area contributed by atoms with Crippen molar-refractivity contribution in [2.45, 2.75) is 38.1 Å². The van der Waals surface area contributed by atoms with Crippen molar-refractivity contribution in [1.29, 1.82) is 0 Å². The van der Waals surface area contributed by atoms with Crippen LogP contribution in [0, 0.1) is 0 Å². The van der Waals surface area contributed by atoms with E-state index in [1.165, 1.54) is 22.0 Å². The highest BCUT2D eigenvalue weighted by atomic mass is 16.1. The summed E-state index contributed by atoms with van der Waals surface area (Å²) in [5, 5.41) is 4.57. The summed E-state index contributed by atoms with van der Waals surface area (Å²) in [7, 11) is 0. The van der Waals surface area contributed by atoms with Gasteiger partial charge in [0.2, 0.25) is 5.91 Å². The number of nitrogens with one attached hydrogen (secondary N) is 2. The quantitative estimate of drug-likeness (QED) is 0.657. The number of hydrogen-bond acceptors (Lipinski definition) is 2. The number of H-pyrrole nitrogens is 1. The first kappa shape index (κ1) is 18.8. The molecule has 0 spiro atoms. The normalized spacial score (nSPS) is 15.7. The lowest BCUT2D eigenvalue weighted by Crippen LogP contribution is -2.45. The van der Waals surface area contributed by atoms with Gasteiger partial charge in [-0.1, -0.05) is 48.5 Å². The van der Waals surface area contributed by atoms with Gasteiger partial charge in [0.25, 0.3) is 0 Å². The van der Waals surface area contributed by atoms with E-state index in [4.69, 9.17) is 0 Å². The maximum Gasteiger partial charge on any atom is 0.220 e. The number of nitrogens with zero attached hydrogens (tertiary/aromatic N) is 1. The number of benzene rings is 2. The molecule has 1 aliphatic heterocycles. The number of aromatic amines is 1. The Bertz CT molecular complexity index is 894. The molecule has 0 saturated carbocycles. The van der Waals surface area contributed by atoms with Crippen molar-refractivity contribution in [2.75, 3.05) is 19.6 Å². The molecule has 1 saturated heterocycles. The molecule has 0 unspecified atom stereocenters. The van der Waals surface area contributed by atoms with E-state index in [9.17, 15) is 4.79 Å². The highest BCUT2D eigenvalue weighted by molar-refractivity contribution is 5.83. The molecule has 2 heterocycles. The fourth-order valence-corrected chi connectivity index (χ4v) is 4.12. The molecule has 1 amide bonds. The van der Waals surface area contributed by atoms with Gasteiger partial charge < -0.3 is 15.2 Å². The molecular formula is C24H29N3O. The first-order valence-corrected chi connectivity index (χ1v) is 10.4. The Morgan fingerprint density at radius 1 is 1.00 bits per heavy atom. The molecule has 1 aromatic heterocycles. The summed E-state index contributed by atoms with van der Waals surface area (Å²) in [6.07, 6.45) is 6.69. The predicted molar refractivity (Wildman–Crippen MR) is 114 cm³/mol. The first-order valence-electron chi connectivity index (χ1n) is 10.4. The van der Waals surface area contributed by atoms with Gasteiger partial charge in [0.1, 0.15) is 0 Å². The van der Waals surface area contributed by atoms with Crippen LogP contribution < -0.4 is 5.32 Å². The van der Waals surface area contributed by atoms with Crippen LogP contribution in [0.5, 0.6) is 0 Å². The smallest absolute Gasteiger partial charge is 0.220 e. The Balaban J connectivity index is 1.18. The highest BCUT2D eigenvalue weighted by Crippen LogP contribution is 2.19. The van der Waals surface area contributed by atoms with Gasteiger partial charge >= 0.3 is 0 Å². The van der Waals surface area contributed by atoms with E-state index in [2.05, 4.69) is 57.8 Å². The van der Waals surface area contributed by atoms with E-state index in [1.807, 2.05) is 18.2 Å². The summed E-state index contributed by atoms with van der Waals surface area (Å²) < 4.78 is 0. The summed E-state index contributed by atoms with van der Waals surface area (Å²) in [5.41, 5.74) is 3.84. The molecule has 0 radical (unpaired) electrons. The third-order valence-electron chi connectivity index (χ3n) is 5.81. The number of fused-ring (bicyclic) bond motifs is 1. The number of amides is 1. The molecular weight excluding hydrogens is 346 g/mol. The van der Waals surface area contributed by atoms with Crippen molar-refractivity contribution >= 4 is 16.8 Å². The Morgan fingerprint density at radius 3 is 2.57 bits per heavy atom. The average molecular weight is 376 g/mol. The third kappa shape index (κ3) is 4.82. The zero-order chi connectivity index (χ0) is 19.2. The summed E-state index contributed by atoms with van der Waals surface area (Å²) in [4.78, 5) is 18.1. The fourth-order valence-electron chi connectivity index (χ4n) is 4.12. The fraction of sp³-hybridized carbons (Fsp3) is 0.375. The highest BCUT2D eigenvalue weighted by Gasteiger charge is 2.20. The van der Waals surface area contributed by atoms with Gasteiger partial charge in [0.05, 0.1) is 0 Å². The van der Waals surface area contributed by atoms with Gasteiger partial charge in [-0.05, 0) is 42.9 Å². The lowest BCUT2D eigenvalue weighted by Gasteiger charge is -2.32. The number of piperidine rings is 1. The second-order valence-corrected chi connectivity index (χ2v) is 7.78. The lowest BCUT2D eigenvalue weighted by atomic mass is 10.0. The van der Waals surface area contributed by atoms with Crippen molar-refractivity contribution in [3.05, 3.63) is 71.9 Å². The zero-order valence-electron chi connectivity index (χ0n) is 16.4. The molecule has 0 atom stereocenters. The molecule has 0 aliphatic carbocycles. The Labute approximate surface area is 166 Å². The number of hydrogen-bond donors (Lipinski definition) is 2. The van der Waals surface area contributed by atoms with E-state index in [-0.39, 0.29) is 5.91 Å². The molecule has 1 fully saturated rings. The van der Waals surface area contributed by atoms with Crippen LogP contribution in [0.1, 0.15) is 30.4 Å². The molecule has 4 heteroatoms. The molecule has 2 aromatic carbocycles. The van der Waals surface area contributed by atoms with Gasteiger partial charge in [0.15, 0.2) is 0 Å². The van der Waals surface area contributed by atoms with Gasteiger partial charge in [0, 0.05) is 49.2 Å². The van der Waals surface area contributed by atoms with Crippen LogP contribution in [0.3, 0.4) is 0 Å². The van der Waals surface area contributed by atoms with E-state index >= 15 is 0 Å². The number of carbonyl (C=O) groups excluding carboxylic acids is 1. The molecule has 4 nitrogen and oxygen atoms in total. The van der Waals surface area contributed by atoms with Crippen molar-refractivity contribution in [2.24, 2.45) is 0 Å². The van der Waals surface area contributed by atoms with Gasteiger partial charge in [-0.2, -0.15) is 0 Å². The van der Waals surface area contributed by atoms with Crippen molar-refractivity contribution < 1.29 is 4.79 Å². The van der Waals surface area contributed by atoms with E-state index in [1.54, 1.807) is 0 Å². The number of para-hydroxylation sites is 1. The average Bonchev–Trinajstić information content (AvgIpc) is 3.16. The van der Waals surface area contributed by atoms with Gasteiger partial charge in [-0.15, -0.1) is 0 Å². The number of aromatic nitrogens is 1. The minimum absolute atomic E-state index is 0.182. The first-order chi connectivity index (χ1) is 13.8. The van der Waals surface area contributed by atoms with E-state index in [0.29, 0.717) is 12.5 Å². The monoisotopic (exact) mass is 375 g/mol. The molecule has 3 aromatic rings. The zero-order valence-corrected chi connectivity index (χ0v) is 16.4. The number of aryl methyl sites for hydroxylation is 1. The van der Waals surface area contributed by atoms with Crippen molar-refractivity contribution in [3.63, 3.8) is 0 Å². The SMILES string of the molecule is O=C(CCc1ccccc1)NC1CCN(CCc2c[nH]c3ccccc23)CC1. The lowest BCUT2D eigenvalue weighted by molar-refractivity contribution is -0.122. The molecule has 28 heavy (non-hydrogen) atoms. The summed E-state index contributed by atoms with van der Waals surface area (Å²) >= 11 is 0. The van der Waals surface area contributed by atoms with Crippen LogP contribution >= 0.6 is 0 Å². The van der Waals surface area contributed by atoms with Crippen LogP contribution in [-0.4, -0.2) is 41.5 Å². The number of likely N-dealkylation sites (tertiary alicyclic amines) is 1. The van der Waals surface area contributed by atoms with E-state index < -0.39 is 0 Å². The maximum atomic E-state index is 12.2. The Kier molecular flexibility index (Phi) is 6.07. The van der Waals surface area contributed by atoms with Gasteiger partial charge in [-0.3, -0.25) is 4.79 Å². The maximum absolute atomic E-state index is 12.2. The van der Waals surface area contributed by atoms with Crippen molar-refractivity contribution in [3.8, 4) is 0 Å². The van der Waals surface area contributed by atoms with Crippen LogP contribution in [0.15, 0.2) is 60.8 Å². The van der Waals surface area contributed by atoms with Gasteiger partial charge in [-0.25, -0.2) is 0 Å². The van der Waals surface area contributed by atoms with Crippen LogP contribution in [0.4, 0.5) is 0 Å². The topological polar surface area (TPSA) is 48.1 Å². The minimum atomic E-state index is 0.182. The summed E-state index contributed by atoms with van der Waals surface area (Å²) in [6, 6.07) is 19.1. The molecule has 2 N–H and O–H groups in total. The Hall–Kier alpha value is -2.59. The molecule has 4 rings (SSSR count). The number of carbonyl (C=O) groups is 1. The van der Waals surface area contributed by atoms with Crippen molar-refractivity contribution in [1.82, 2.24) is 15.2 Å². The predicted octanol–water partition coefficient (Wildman–Crippen LogP) is 3.92. The second kappa shape index (κ2) is 9.07. The standard InChI is InChI=1S/C24H29N3O/c28-24(11-10-19-6-2-1-3-7-19)26-21-13-16-27(17-14-21)15-12-20-18-25-23-9-5-4-8-22(20)23/h1-9,18,21,25H,10-17H2,(H,26,28).